The summed E-state index contributed by atoms with van der Waals surface area (Å²) >= 11 is 8.91. The van der Waals surface area contributed by atoms with Crippen molar-refractivity contribution in [3.63, 3.8) is 0 Å². The van der Waals surface area contributed by atoms with Crippen molar-refractivity contribution in [1.82, 2.24) is 5.32 Å². The number of ether oxygens (including phenoxy) is 1. The summed E-state index contributed by atoms with van der Waals surface area (Å²) in [6.45, 7) is -0.942. The maximum Gasteiger partial charge on any atom is 0.408 e. The Hall–Kier alpha value is -0.590. The van der Waals surface area contributed by atoms with Crippen LogP contribution in [0, 0.1) is 0 Å². The van der Waals surface area contributed by atoms with Crippen LogP contribution >= 0.6 is 39.9 Å². The highest BCUT2D eigenvalue weighted by Crippen LogP contribution is 2.38. The lowest BCUT2D eigenvalue weighted by Gasteiger charge is -2.32. The molecular weight excluding hydrogens is 355 g/mol. The summed E-state index contributed by atoms with van der Waals surface area (Å²) in [5, 5.41) is 2.41. The van der Waals surface area contributed by atoms with Crippen molar-refractivity contribution in [2.75, 3.05) is 6.61 Å². The highest BCUT2D eigenvalue weighted by atomic mass is 79.9. The third-order valence-corrected chi connectivity index (χ3v) is 3.31. The Balaban J connectivity index is 0.00000162. The fourth-order valence-electron chi connectivity index (χ4n) is 1.55. The van der Waals surface area contributed by atoms with Gasteiger partial charge >= 0.3 is 12.0 Å². The van der Waals surface area contributed by atoms with Crippen LogP contribution in [0.3, 0.4) is 0 Å². The lowest BCUT2D eigenvalue weighted by Crippen LogP contribution is -2.49. The summed E-state index contributed by atoms with van der Waals surface area (Å²) in [6, 6.07) is 3.05. The Bertz CT molecular complexity index is 473. The van der Waals surface area contributed by atoms with Crippen LogP contribution in [0.5, 0.6) is 0 Å². The predicted molar refractivity (Wildman–Crippen MR) is 68.6 cm³/mol. The van der Waals surface area contributed by atoms with Crippen molar-refractivity contribution < 1.29 is 18.3 Å². The molecule has 1 atom stereocenters. The van der Waals surface area contributed by atoms with Gasteiger partial charge < -0.3 is 10.1 Å². The Labute approximate surface area is 121 Å². The summed E-state index contributed by atoms with van der Waals surface area (Å²) in [7, 11) is 0. The Morgan fingerprint density at radius 2 is 2.17 bits per heavy atom. The van der Waals surface area contributed by atoms with Crippen molar-refractivity contribution in [3.05, 3.63) is 33.3 Å². The zero-order valence-corrected chi connectivity index (χ0v) is 11.9. The van der Waals surface area contributed by atoms with Gasteiger partial charge in [0.25, 0.3) is 0 Å². The normalized spacial score (nSPS) is 21.6. The van der Waals surface area contributed by atoms with E-state index in [1.165, 1.54) is 6.07 Å². The molecule has 18 heavy (non-hydrogen) atoms. The lowest BCUT2D eigenvalue weighted by molar-refractivity contribution is -0.104. The topological polar surface area (TPSA) is 38.3 Å². The number of amides is 1. The summed E-state index contributed by atoms with van der Waals surface area (Å²) in [5.74, 6) is -3.18. The van der Waals surface area contributed by atoms with Crippen LogP contribution < -0.4 is 5.32 Å². The van der Waals surface area contributed by atoms with E-state index >= 15 is 0 Å². The molecule has 1 fully saturated rings. The van der Waals surface area contributed by atoms with E-state index in [4.69, 9.17) is 11.6 Å². The molecule has 0 aliphatic carbocycles. The summed E-state index contributed by atoms with van der Waals surface area (Å²) in [5.41, 5.74) is 0.221. The number of halogens is 5. The largest absolute Gasteiger partial charge is 0.443 e. The van der Waals surface area contributed by atoms with Gasteiger partial charge in [-0.25, -0.2) is 13.6 Å². The van der Waals surface area contributed by atoms with Crippen LogP contribution in [0.15, 0.2) is 22.7 Å². The van der Waals surface area contributed by atoms with E-state index < -0.39 is 24.7 Å². The van der Waals surface area contributed by atoms with Crippen LogP contribution in [-0.2, 0) is 4.74 Å². The van der Waals surface area contributed by atoms with Crippen molar-refractivity contribution in [2.45, 2.75) is 12.0 Å². The van der Waals surface area contributed by atoms with Crippen molar-refractivity contribution in [2.24, 2.45) is 0 Å². The first-order valence-corrected chi connectivity index (χ1v) is 5.83. The molecule has 1 N–H and O–H groups in total. The molecule has 0 aromatic heterocycles. The van der Waals surface area contributed by atoms with E-state index in [0.29, 0.717) is 9.50 Å². The van der Waals surface area contributed by atoms with Crippen LogP contribution in [-0.4, -0.2) is 18.6 Å². The molecule has 1 aromatic rings. The number of alkyl carbamates (subject to hydrolysis) is 1. The van der Waals surface area contributed by atoms with E-state index in [0.717, 1.165) is 0 Å². The second-order valence-corrected chi connectivity index (χ2v) is 4.87. The number of carbonyl (C=O) groups is 1. The number of benzene rings is 1. The first kappa shape index (κ1) is 15.5. The number of cyclic esters (lactones) is 1. The molecule has 0 bridgehead atoms. The first-order chi connectivity index (χ1) is 7.90. The average molecular weight is 363 g/mol. The number of nitrogens with one attached hydrogen (secondary N) is 1. The summed E-state index contributed by atoms with van der Waals surface area (Å²) < 4.78 is 32.0. The Kier molecular flexibility index (Phi) is 4.80. The minimum atomic E-state index is -3.18. The molecule has 1 aromatic carbocycles. The highest BCUT2D eigenvalue weighted by molar-refractivity contribution is 9.10. The van der Waals surface area contributed by atoms with Gasteiger partial charge in [0.15, 0.2) is 6.61 Å². The van der Waals surface area contributed by atoms with Crippen LogP contribution in [0.25, 0.3) is 0 Å². The van der Waals surface area contributed by atoms with Gasteiger partial charge in [-0.3, -0.25) is 0 Å². The minimum absolute atomic E-state index is 0. The van der Waals surface area contributed by atoms with Gasteiger partial charge in [-0.15, -0.1) is 12.4 Å². The van der Waals surface area contributed by atoms with E-state index in [2.05, 4.69) is 26.0 Å². The van der Waals surface area contributed by atoms with Gasteiger partial charge in [-0.05, 0) is 23.8 Å². The molecule has 0 saturated carbocycles. The summed E-state index contributed by atoms with van der Waals surface area (Å²) in [4.78, 5) is 11.0. The molecule has 3 nitrogen and oxygen atoms in total. The third kappa shape index (κ3) is 3.05. The molecule has 1 heterocycles. The molecule has 1 aliphatic rings. The molecule has 100 valence electrons. The van der Waals surface area contributed by atoms with E-state index in [-0.39, 0.29) is 18.0 Å². The maximum atomic E-state index is 13.6. The van der Waals surface area contributed by atoms with E-state index in [1.54, 1.807) is 12.1 Å². The van der Waals surface area contributed by atoms with Gasteiger partial charge in [0.1, 0.15) is 6.04 Å². The second-order valence-electron chi connectivity index (χ2n) is 3.58. The summed E-state index contributed by atoms with van der Waals surface area (Å²) in [6.07, 6.45) is -0.868. The van der Waals surface area contributed by atoms with Crippen LogP contribution in [0.2, 0.25) is 5.02 Å². The lowest BCUT2D eigenvalue weighted by atomic mass is 10.0. The van der Waals surface area contributed by atoms with E-state index in [9.17, 15) is 13.6 Å². The average Bonchev–Trinajstić information content (AvgIpc) is 2.26. The van der Waals surface area contributed by atoms with Gasteiger partial charge in [-0.1, -0.05) is 27.5 Å². The number of carbonyl (C=O) groups excluding carboxylic acids is 1. The van der Waals surface area contributed by atoms with Crippen LogP contribution in [0.4, 0.5) is 13.6 Å². The number of alkyl halides is 2. The molecule has 0 spiro atoms. The molecule has 1 saturated heterocycles. The van der Waals surface area contributed by atoms with Crippen molar-refractivity contribution in [1.29, 1.82) is 0 Å². The highest BCUT2D eigenvalue weighted by Gasteiger charge is 2.47. The SMILES string of the molecule is Cl.O=C1N[C@H](c2cc(Cl)ccc2Br)C(F)(F)CO1. The van der Waals surface area contributed by atoms with Crippen molar-refractivity contribution >= 4 is 46.0 Å². The van der Waals surface area contributed by atoms with E-state index in [1.807, 2.05) is 0 Å². The third-order valence-electron chi connectivity index (χ3n) is 2.35. The number of rotatable bonds is 1. The molecule has 1 aliphatic heterocycles. The predicted octanol–water partition coefficient (Wildman–Crippen LogP) is 3.94. The second kappa shape index (κ2) is 5.59. The molecular formula is C10H8BrCl2F2NO2. The quantitative estimate of drug-likeness (QED) is 0.821. The zero-order valence-electron chi connectivity index (χ0n) is 8.75. The van der Waals surface area contributed by atoms with Gasteiger partial charge in [-0.2, -0.15) is 0 Å². The van der Waals surface area contributed by atoms with Crippen LogP contribution in [0.1, 0.15) is 11.6 Å². The maximum absolute atomic E-state index is 13.6. The first-order valence-electron chi connectivity index (χ1n) is 4.66. The smallest absolute Gasteiger partial charge is 0.408 e. The Morgan fingerprint density at radius 3 is 2.83 bits per heavy atom. The van der Waals surface area contributed by atoms with Gasteiger partial charge in [0, 0.05) is 9.50 Å². The van der Waals surface area contributed by atoms with Crippen molar-refractivity contribution in [3.8, 4) is 0 Å². The molecule has 8 heteroatoms. The fourth-order valence-corrected chi connectivity index (χ4v) is 2.21. The molecule has 0 unspecified atom stereocenters. The number of hydrogen-bond donors (Lipinski definition) is 1. The van der Waals surface area contributed by atoms with Gasteiger partial charge in [0.05, 0.1) is 0 Å². The fraction of sp³-hybridized carbons (Fsp3) is 0.300. The molecule has 2 rings (SSSR count). The zero-order chi connectivity index (χ0) is 12.6. The molecule has 0 radical (unpaired) electrons. The molecule has 1 amide bonds. The van der Waals surface area contributed by atoms with Gasteiger partial charge in [0.2, 0.25) is 0 Å². The minimum Gasteiger partial charge on any atom is -0.443 e. The Morgan fingerprint density at radius 1 is 1.50 bits per heavy atom. The standard InChI is InChI=1S/C10H7BrClF2NO2.ClH/c11-7-2-1-5(12)3-6(7)8-10(13,14)4-17-9(16)15-8;/h1-3,8H,4H2,(H,15,16);1H/t8-;/m1./s1. The number of hydrogen-bond acceptors (Lipinski definition) is 2. The monoisotopic (exact) mass is 361 g/mol.